The molecular formula is C19H18F2N4O2. The van der Waals surface area contributed by atoms with Gasteiger partial charge in [0.15, 0.2) is 11.6 Å². The largest absolute Gasteiger partial charge is 0.496 e. The second-order valence-electron chi connectivity index (χ2n) is 5.55. The van der Waals surface area contributed by atoms with E-state index in [-0.39, 0.29) is 5.75 Å². The first-order valence-electron chi connectivity index (χ1n) is 8.04. The molecule has 0 saturated heterocycles. The van der Waals surface area contributed by atoms with Gasteiger partial charge in [-0.1, -0.05) is 0 Å². The molecule has 0 unspecified atom stereocenters. The zero-order valence-electron chi connectivity index (χ0n) is 15.0. The first-order chi connectivity index (χ1) is 13.0. The molecule has 140 valence electrons. The molecule has 0 aliphatic heterocycles. The topological polar surface area (TPSA) is 68.3 Å². The Balaban J connectivity index is 1.96. The van der Waals surface area contributed by atoms with E-state index in [9.17, 15) is 8.78 Å². The second-order valence-corrected chi connectivity index (χ2v) is 5.55. The number of ether oxygens (including phenoxy) is 2. The summed E-state index contributed by atoms with van der Waals surface area (Å²) in [4.78, 5) is 8.31. The second kappa shape index (κ2) is 7.86. The third-order valence-electron chi connectivity index (χ3n) is 3.89. The Morgan fingerprint density at radius 1 is 0.963 bits per heavy atom. The number of nitrogens with zero attached hydrogens (tertiary/aromatic N) is 2. The van der Waals surface area contributed by atoms with E-state index in [2.05, 4.69) is 20.6 Å². The van der Waals surface area contributed by atoms with Gasteiger partial charge < -0.3 is 20.1 Å². The number of hydrogen-bond acceptors (Lipinski definition) is 6. The summed E-state index contributed by atoms with van der Waals surface area (Å²) in [5.74, 6) is 0.0885. The van der Waals surface area contributed by atoms with Crippen molar-refractivity contribution in [1.82, 2.24) is 9.97 Å². The van der Waals surface area contributed by atoms with Crippen molar-refractivity contribution in [1.29, 1.82) is 0 Å². The molecule has 0 saturated carbocycles. The van der Waals surface area contributed by atoms with E-state index in [1.165, 1.54) is 44.8 Å². The molecular weight excluding hydrogens is 354 g/mol. The molecule has 1 aromatic heterocycles. The fourth-order valence-electron chi connectivity index (χ4n) is 2.66. The molecule has 0 aliphatic carbocycles. The fourth-order valence-corrected chi connectivity index (χ4v) is 2.66. The smallest absolute Gasteiger partial charge is 0.177 e. The van der Waals surface area contributed by atoms with E-state index in [0.717, 1.165) is 0 Å². The minimum Gasteiger partial charge on any atom is -0.496 e. The molecule has 6 nitrogen and oxygen atoms in total. The van der Waals surface area contributed by atoms with Gasteiger partial charge in [0, 0.05) is 30.4 Å². The minimum absolute atomic E-state index is 0.121. The Morgan fingerprint density at radius 3 is 2.48 bits per heavy atom. The number of aromatic nitrogens is 2. The lowest BCUT2D eigenvalue weighted by Crippen LogP contribution is -2.01. The van der Waals surface area contributed by atoms with Crippen LogP contribution in [0.5, 0.6) is 11.5 Å². The lowest BCUT2D eigenvalue weighted by Gasteiger charge is -2.13. The zero-order chi connectivity index (χ0) is 19.4. The number of nitrogens with one attached hydrogen (secondary N) is 2. The summed E-state index contributed by atoms with van der Waals surface area (Å²) in [6.45, 7) is 0. The average molecular weight is 372 g/mol. The van der Waals surface area contributed by atoms with Gasteiger partial charge in [-0.25, -0.2) is 18.7 Å². The highest BCUT2D eigenvalue weighted by atomic mass is 19.1. The van der Waals surface area contributed by atoms with Crippen LogP contribution >= 0.6 is 0 Å². The van der Waals surface area contributed by atoms with Gasteiger partial charge in [0.05, 0.1) is 25.6 Å². The van der Waals surface area contributed by atoms with E-state index < -0.39 is 11.6 Å². The van der Waals surface area contributed by atoms with Crippen LogP contribution in [0.3, 0.4) is 0 Å². The van der Waals surface area contributed by atoms with Crippen LogP contribution < -0.4 is 20.1 Å². The maximum atomic E-state index is 14.2. The fraction of sp³-hybridized carbons (Fsp3) is 0.158. The van der Waals surface area contributed by atoms with E-state index in [0.29, 0.717) is 34.2 Å². The summed E-state index contributed by atoms with van der Waals surface area (Å²) in [7, 11) is 4.56. The summed E-state index contributed by atoms with van der Waals surface area (Å²) in [5, 5.41) is 5.89. The molecule has 0 radical (unpaired) electrons. The van der Waals surface area contributed by atoms with Gasteiger partial charge in [-0.15, -0.1) is 0 Å². The lowest BCUT2D eigenvalue weighted by atomic mass is 10.1. The van der Waals surface area contributed by atoms with Gasteiger partial charge >= 0.3 is 0 Å². The number of halogens is 2. The van der Waals surface area contributed by atoms with Crippen molar-refractivity contribution < 1.29 is 18.3 Å². The molecule has 2 N–H and O–H groups in total. The number of anilines is 3. The molecule has 3 aromatic rings. The molecule has 27 heavy (non-hydrogen) atoms. The monoisotopic (exact) mass is 372 g/mol. The first-order valence-corrected chi connectivity index (χ1v) is 8.04. The molecule has 1 heterocycles. The summed E-state index contributed by atoms with van der Waals surface area (Å²) >= 11 is 0. The van der Waals surface area contributed by atoms with Gasteiger partial charge in [-0.05, 0) is 24.3 Å². The van der Waals surface area contributed by atoms with E-state index in [1.54, 1.807) is 19.2 Å². The standard InChI is InChI=1S/C19H18F2N4O2/c1-22-16-8-12(7-14(21)19(16)27-3)25-18-9-15(23-10-24-18)13-6-11(20)4-5-17(13)26-2/h4-10,22H,1-3H3,(H,23,24,25). The normalized spacial score (nSPS) is 10.4. The number of benzene rings is 2. The highest BCUT2D eigenvalue weighted by Crippen LogP contribution is 2.33. The Bertz CT molecular complexity index is 966. The van der Waals surface area contributed by atoms with Gasteiger partial charge in [-0.2, -0.15) is 0 Å². The van der Waals surface area contributed by atoms with Crippen LogP contribution in [0.15, 0.2) is 42.7 Å². The molecule has 3 rings (SSSR count). The molecule has 8 heteroatoms. The van der Waals surface area contributed by atoms with Crippen LogP contribution in [-0.2, 0) is 0 Å². The van der Waals surface area contributed by atoms with Crippen molar-refractivity contribution in [3.63, 3.8) is 0 Å². The van der Waals surface area contributed by atoms with Crippen LogP contribution in [0.25, 0.3) is 11.3 Å². The third kappa shape index (κ3) is 3.89. The van der Waals surface area contributed by atoms with Crippen molar-refractivity contribution in [3.05, 3.63) is 54.4 Å². The molecule has 0 spiro atoms. The van der Waals surface area contributed by atoms with E-state index >= 15 is 0 Å². The Hall–Kier alpha value is -3.42. The van der Waals surface area contributed by atoms with Crippen LogP contribution in [0.4, 0.5) is 26.0 Å². The Morgan fingerprint density at radius 2 is 1.78 bits per heavy atom. The number of rotatable bonds is 6. The molecule has 2 aromatic carbocycles. The van der Waals surface area contributed by atoms with Gasteiger partial charge in [0.1, 0.15) is 23.7 Å². The molecule has 0 bridgehead atoms. The maximum Gasteiger partial charge on any atom is 0.177 e. The van der Waals surface area contributed by atoms with Crippen molar-refractivity contribution in [2.24, 2.45) is 0 Å². The van der Waals surface area contributed by atoms with Gasteiger partial charge in [0.2, 0.25) is 0 Å². The van der Waals surface area contributed by atoms with Crippen LogP contribution in [0, 0.1) is 11.6 Å². The summed E-state index contributed by atoms with van der Waals surface area (Å²) in [6.07, 6.45) is 1.33. The van der Waals surface area contributed by atoms with Crippen LogP contribution in [-0.4, -0.2) is 31.2 Å². The summed E-state index contributed by atoms with van der Waals surface area (Å²) < 4.78 is 38.1. The average Bonchev–Trinajstić information content (AvgIpc) is 2.67. The van der Waals surface area contributed by atoms with E-state index in [4.69, 9.17) is 9.47 Å². The summed E-state index contributed by atoms with van der Waals surface area (Å²) in [5.41, 5.74) is 1.90. The van der Waals surface area contributed by atoms with Gasteiger partial charge in [0.25, 0.3) is 0 Å². The first kappa shape index (κ1) is 18.4. The molecule has 0 fully saturated rings. The van der Waals surface area contributed by atoms with E-state index in [1.807, 2.05) is 0 Å². The van der Waals surface area contributed by atoms with Crippen LogP contribution in [0.2, 0.25) is 0 Å². The highest BCUT2D eigenvalue weighted by molar-refractivity contribution is 5.72. The molecule has 0 aliphatic rings. The zero-order valence-corrected chi connectivity index (χ0v) is 15.0. The quantitative estimate of drug-likeness (QED) is 0.675. The number of hydrogen-bond donors (Lipinski definition) is 2. The van der Waals surface area contributed by atoms with Crippen molar-refractivity contribution in [2.45, 2.75) is 0 Å². The van der Waals surface area contributed by atoms with Crippen molar-refractivity contribution in [2.75, 3.05) is 31.9 Å². The Kier molecular flexibility index (Phi) is 5.35. The highest BCUT2D eigenvalue weighted by Gasteiger charge is 2.13. The predicted molar refractivity (Wildman–Crippen MR) is 99.8 cm³/mol. The van der Waals surface area contributed by atoms with Gasteiger partial charge in [-0.3, -0.25) is 0 Å². The van der Waals surface area contributed by atoms with Crippen molar-refractivity contribution in [3.8, 4) is 22.8 Å². The lowest BCUT2D eigenvalue weighted by molar-refractivity contribution is 0.389. The Labute approximate surface area is 155 Å². The third-order valence-corrected chi connectivity index (χ3v) is 3.89. The number of methoxy groups -OCH3 is 2. The SMILES string of the molecule is CNc1cc(Nc2cc(-c3cc(F)ccc3OC)ncn2)cc(F)c1OC. The van der Waals surface area contributed by atoms with Crippen LogP contribution in [0.1, 0.15) is 0 Å². The predicted octanol–water partition coefficient (Wildman–Crippen LogP) is 4.22. The minimum atomic E-state index is -0.520. The van der Waals surface area contributed by atoms with Crippen molar-refractivity contribution >= 4 is 17.2 Å². The maximum absolute atomic E-state index is 14.2. The molecule has 0 atom stereocenters. The summed E-state index contributed by atoms with van der Waals surface area (Å²) in [6, 6.07) is 8.77. The molecule has 0 amide bonds.